The Morgan fingerprint density at radius 1 is 1.16 bits per heavy atom. The van der Waals surface area contributed by atoms with Crippen LogP contribution in [0.5, 0.6) is 0 Å². The van der Waals surface area contributed by atoms with Crippen LogP contribution < -0.4 is 16.5 Å². The Labute approximate surface area is 215 Å². The van der Waals surface area contributed by atoms with Gasteiger partial charge in [-0.05, 0) is 59.2 Å². The van der Waals surface area contributed by atoms with Crippen molar-refractivity contribution in [1.82, 2.24) is 14.3 Å². The van der Waals surface area contributed by atoms with Crippen LogP contribution in [0.2, 0.25) is 0 Å². The quantitative estimate of drug-likeness (QED) is 0.445. The molecule has 4 rings (SSSR count). The summed E-state index contributed by atoms with van der Waals surface area (Å²) < 4.78 is 66.0. The fraction of sp³-hybridized carbons (Fsp3) is 0.304. The van der Waals surface area contributed by atoms with E-state index in [2.05, 4.69) is 9.94 Å². The van der Waals surface area contributed by atoms with E-state index >= 15 is 0 Å². The highest BCUT2D eigenvalue weighted by atomic mass is 32.1. The highest BCUT2D eigenvalue weighted by Gasteiger charge is 2.44. The molecule has 3 aromatic rings. The number of nitrogens with zero attached hydrogens (tertiary/aromatic N) is 4. The molecule has 0 radical (unpaired) electrons. The first-order valence-electron chi connectivity index (χ1n) is 11.1. The molecule has 0 saturated carbocycles. The first-order chi connectivity index (χ1) is 17.9. The second-order valence-electron chi connectivity index (χ2n) is 8.43. The average molecular weight is 558 g/mol. The van der Waals surface area contributed by atoms with Crippen LogP contribution >= 0.6 is 11.3 Å². The van der Waals surface area contributed by atoms with Gasteiger partial charge in [0.15, 0.2) is 0 Å². The number of halogens is 5. The van der Waals surface area contributed by atoms with Gasteiger partial charge in [-0.2, -0.15) is 27.1 Å². The van der Waals surface area contributed by atoms with Crippen molar-refractivity contribution in [3.63, 3.8) is 0 Å². The first-order valence-corrected chi connectivity index (χ1v) is 12.0. The van der Waals surface area contributed by atoms with Gasteiger partial charge < -0.3 is 10.6 Å². The van der Waals surface area contributed by atoms with Crippen LogP contribution in [0.15, 0.2) is 46.4 Å². The Bertz CT molecular complexity index is 1490. The van der Waals surface area contributed by atoms with Gasteiger partial charge in [0, 0.05) is 23.4 Å². The molecular weight excluding hydrogens is 537 g/mol. The molecule has 0 spiro atoms. The monoisotopic (exact) mass is 557 g/mol. The molecule has 0 aliphatic carbocycles. The lowest BCUT2D eigenvalue weighted by atomic mass is 9.94. The fourth-order valence-corrected chi connectivity index (χ4v) is 4.84. The molecule has 0 unspecified atom stereocenters. The second-order valence-corrected chi connectivity index (χ2v) is 9.43. The molecule has 1 aliphatic heterocycles. The van der Waals surface area contributed by atoms with E-state index < -0.39 is 48.5 Å². The number of nitrogens with two attached hydrogens (primary N) is 1. The molecule has 0 fully saturated rings. The van der Waals surface area contributed by atoms with E-state index in [1.54, 1.807) is 25.1 Å². The summed E-state index contributed by atoms with van der Waals surface area (Å²) in [6.45, 7) is 0.878. The Balaban J connectivity index is 1.56. The summed E-state index contributed by atoms with van der Waals surface area (Å²) >= 11 is 1.33. The minimum atomic E-state index is -5.26. The second kappa shape index (κ2) is 10.5. The average Bonchev–Trinajstić information content (AvgIpc) is 3.45. The van der Waals surface area contributed by atoms with Gasteiger partial charge in [-0.3, -0.25) is 9.36 Å². The predicted molar refractivity (Wildman–Crippen MR) is 126 cm³/mol. The molecule has 9 nitrogen and oxygen atoms in total. The zero-order valence-corrected chi connectivity index (χ0v) is 20.5. The lowest BCUT2D eigenvalue weighted by Crippen LogP contribution is -2.41. The van der Waals surface area contributed by atoms with Crippen molar-refractivity contribution in [1.29, 1.82) is 0 Å². The number of carbonyl (C=O) groups excluding carboxylic acids is 2. The Hall–Kier alpha value is -3.85. The molecule has 1 aromatic carbocycles. The van der Waals surface area contributed by atoms with Gasteiger partial charge in [-0.25, -0.2) is 14.3 Å². The number of carbonyl (C=O) groups is 2. The minimum absolute atomic E-state index is 0.0904. The largest absolute Gasteiger partial charge is 0.493 e. The van der Waals surface area contributed by atoms with Crippen molar-refractivity contribution in [3.05, 3.63) is 68.0 Å². The van der Waals surface area contributed by atoms with Crippen LogP contribution in [0.3, 0.4) is 0 Å². The van der Waals surface area contributed by atoms with Gasteiger partial charge in [-0.1, -0.05) is 0 Å². The molecule has 0 atom stereocenters. The van der Waals surface area contributed by atoms with E-state index in [4.69, 9.17) is 5.73 Å². The van der Waals surface area contributed by atoms with Crippen molar-refractivity contribution in [2.24, 2.45) is 5.73 Å². The number of alkyl halides is 3. The van der Waals surface area contributed by atoms with Crippen LogP contribution in [0.25, 0.3) is 11.1 Å². The lowest BCUT2D eigenvalue weighted by molar-refractivity contribution is -0.201. The molecule has 15 heteroatoms. The number of hydroxylamine groups is 1. The molecule has 202 valence electrons. The Morgan fingerprint density at radius 3 is 2.55 bits per heavy atom. The maximum absolute atomic E-state index is 12.9. The van der Waals surface area contributed by atoms with Crippen LogP contribution in [-0.2, 0) is 33.9 Å². The Morgan fingerprint density at radius 2 is 1.89 bits per heavy atom. The maximum atomic E-state index is 12.9. The number of aryl methyl sites for hydroxylation is 2. The molecular formula is C23H20F5N5O4S. The molecule has 0 bridgehead atoms. The van der Waals surface area contributed by atoms with E-state index in [1.807, 2.05) is 5.38 Å². The number of aromatic nitrogens is 3. The van der Waals surface area contributed by atoms with E-state index in [0.717, 1.165) is 15.1 Å². The molecule has 1 aliphatic rings. The summed E-state index contributed by atoms with van der Waals surface area (Å²) in [5, 5.41) is 6.08. The van der Waals surface area contributed by atoms with Crippen LogP contribution in [0, 0.1) is 6.92 Å². The van der Waals surface area contributed by atoms with Crippen molar-refractivity contribution < 1.29 is 36.4 Å². The van der Waals surface area contributed by atoms with Crippen molar-refractivity contribution >= 4 is 28.9 Å². The topological polar surface area (TPSA) is 112 Å². The van der Waals surface area contributed by atoms with Crippen LogP contribution in [0.1, 0.15) is 22.4 Å². The molecule has 38 heavy (non-hydrogen) atoms. The summed E-state index contributed by atoms with van der Waals surface area (Å²) in [4.78, 5) is 41.3. The number of thiophene rings is 1. The molecule has 2 N–H and O–H groups in total. The lowest BCUT2D eigenvalue weighted by Gasteiger charge is -2.29. The van der Waals surface area contributed by atoms with E-state index in [1.165, 1.54) is 22.2 Å². The first kappa shape index (κ1) is 27.2. The smallest absolute Gasteiger partial charge is 0.327 e. The van der Waals surface area contributed by atoms with Crippen molar-refractivity contribution in [2.45, 2.75) is 39.0 Å². The highest BCUT2D eigenvalue weighted by Crippen LogP contribution is 2.37. The summed E-state index contributed by atoms with van der Waals surface area (Å²) in [6, 6.07) is 5.15. The zero-order chi connectivity index (χ0) is 27.8. The molecule has 1 amide bonds. The van der Waals surface area contributed by atoms with Gasteiger partial charge >= 0.3 is 17.8 Å². The predicted octanol–water partition coefficient (Wildman–Crippen LogP) is 3.54. The van der Waals surface area contributed by atoms with Gasteiger partial charge in [-0.15, -0.1) is 16.4 Å². The van der Waals surface area contributed by atoms with E-state index in [9.17, 15) is 36.3 Å². The third kappa shape index (κ3) is 5.52. The summed E-state index contributed by atoms with van der Waals surface area (Å²) in [7, 11) is 0. The number of fused-ring (bicyclic) bond motifs is 1. The summed E-state index contributed by atoms with van der Waals surface area (Å²) in [6.07, 6.45) is -5.88. The number of rotatable bonds is 7. The van der Waals surface area contributed by atoms with Gasteiger partial charge in [0.1, 0.15) is 6.33 Å². The molecule has 0 saturated heterocycles. The van der Waals surface area contributed by atoms with Gasteiger partial charge in [0.2, 0.25) is 0 Å². The fourth-order valence-electron chi connectivity index (χ4n) is 3.95. The van der Waals surface area contributed by atoms with Crippen LogP contribution in [0.4, 0.5) is 27.6 Å². The SMILES string of the molecule is Cc1cc(-c2csc(Cn3cnn(CC(CN)=C(F)F)c3=O)c2)cc2c1N(OC(=O)C(F)(F)F)C(=O)CC2. The van der Waals surface area contributed by atoms with E-state index in [-0.39, 0.29) is 25.1 Å². The van der Waals surface area contributed by atoms with Crippen molar-refractivity contribution in [2.75, 3.05) is 11.6 Å². The molecule has 2 aromatic heterocycles. The number of hydrogen-bond donors (Lipinski definition) is 1. The molecule has 3 heterocycles. The minimum Gasteiger partial charge on any atom is -0.327 e. The number of benzene rings is 1. The maximum Gasteiger partial charge on any atom is 0.493 e. The summed E-state index contributed by atoms with van der Waals surface area (Å²) in [5.74, 6) is -3.26. The van der Waals surface area contributed by atoms with Crippen molar-refractivity contribution in [3.8, 4) is 11.1 Å². The number of anilines is 1. The summed E-state index contributed by atoms with van der Waals surface area (Å²) in [5.41, 5.74) is 6.81. The third-order valence-electron chi connectivity index (χ3n) is 5.79. The van der Waals surface area contributed by atoms with Gasteiger partial charge in [0.05, 0.1) is 18.8 Å². The third-order valence-corrected chi connectivity index (χ3v) is 6.71. The standard InChI is InChI=1S/C23H20F5N5O4S/c1-12-4-14(5-13-2-3-18(34)33(19(12)13)37-21(35)23(26,27)28)15-6-17(38-10-15)9-31-11-30-32(22(31)36)8-16(7-29)20(24)25/h4-6,10-11H,2-3,7-9,29H2,1H3. The van der Waals surface area contributed by atoms with Crippen LogP contribution in [-0.4, -0.2) is 38.9 Å². The zero-order valence-electron chi connectivity index (χ0n) is 19.7. The Kier molecular flexibility index (Phi) is 7.51. The number of amides is 1. The van der Waals surface area contributed by atoms with E-state index in [0.29, 0.717) is 21.8 Å². The normalized spacial score (nSPS) is 13.4. The number of hydrogen-bond acceptors (Lipinski definition) is 7. The van der Waals surface area contributed by atoms with Gasteiger partial charge in [0.25, 0.3) is 12.0 Å². The highest BCUT2D eigenvalue weighted by molar-refractivity contribution is 7.10.